The van der Waals surface area contributed by atoms with Gasteiger partial charge in [0.2, 0.25) is 0 Å². The van der Waals surface area contributed by atoms with Crippen molar-refractivity contribution in [3.8, 4) is 0 Å². The standard InChI is InChI=1S/C4H9P/c1-4(2,3)5/h1-3H3. The van der Waals surface area contributed by atoms with E-state index in [4.69, 9.17) is 0 Å². The Morgan fingerprint density at radius 1 is 1.20 bits per heavy atom. The van der Waals surface area contributed by atoms with Crippen molar-refractivity contribution in [1.29, 1.82) is 0 Å². The quantitative estimate of drug-likeness (QED) is 0.398. The predicted octanol–water partition coefficient (Wildman–Crippen LogP) is 2.20. The highest BCUT2D eigenvalue weighted by molar-refractivity contribution is 7.18. The first-order chi connectivity index (χ1) is 2.00. The maximum atomic E-state index is 4.12. The summed E-state index contributed by atoms with van der Waals surface area (Å²) in [4.78, 5) is 0. The Kier molecular flexibility index (Phi) is 1.37. The molecule has 0 fully saturated rings. The SMILES string of the molecule is CC(C)(C)[P]. The molecule has 0 heterocycles. The van der Waals surface area contributed by atoms with Crippen molar-refractivity contribution >= 4 is 9.24 Å². The topological polar surface area (TPSA) is 0 Å². The van der Waals surface area contributed by atoms with Crippen LogP contribution in [-0.4, -0.2) is 5.16 Å². The van der Waals surface area contributed by atoms with Gasteiger partial charge in [-0.3, -0.25) is 0 Å². The lowest BCUT2D eigenvalue weighted by molar-refractivity contribution is 0.804. The number of hydrogen-bond donors (Lipinski definition) is 0. The maximum absolute atomic E-state index is 4.12. The minimum Gasteiger partial charge on any atom is -0.0555 e. The van der Waals surface area contributed by atoms with Gasteiger partial charge in [-0.1, -0.05) is 20.8 Å². The normalized spacial score (nSPS) is 12.0. The molecule has 1 heteroatoms. The first kappa shape index (κ1) is 5.43. The van der Waals surface area contributed by atoms with Crippen LogP contribution in [-0.2, 0) is 0 Å². The van der Waals surface area contributed by atoms with E-state index in [1.165, 1.54) is 0 Å². The first-order valence-corrected chi connectivity index (χ1v) is 2.17. The van der Waals surface area contributed by atoms with E-state index in [9.17, 15) is 0 Å². The van der Waals surface area contributed by atoms with E-state index >= 15 is 0 Å². The van der Waals surface area contributed by atoms with Gasteiger partial charge in [-0.15, -0.1) is 0 Å². The third-order valence-corrected chi connectivity index (χ3v) is 0. The molecule has 2 radical (unpaired) electrons. The highest BCUT2D eigenvalue weighted by Crippen LogP contribution is 2.12. The molecule has 0 aliphatic carbocycles. The first-order valence-electron chi connectivity index (χ1n) is 1.72. The monoisotopic (exact) mass is 88.0 g/mol. The van der Waals surface area contributed by atoms with E-state index in [1.807, 2.05) is 0 Å². The van der Waals surface area contributed by atoms with Crippen molar-refractivity contribution in [2.24, 2.45) is 0 Å². The van der Waals surface area contributed by atoms with Crippen LogP contribution in [0.3, 0.4) is 0 Å². The molecular weight excluding hydrogens is 79.0 g/mol. The zero-order valence-electron chi connectivity index (χ0n) is 3.95. The molecule has 0 spiro atoms. The molecule has 0 saturated carbocycles. The molecule has 0 nitrogen and oxygen atoms in total. The average Bonchev–Trinajstić information content (AvgIpc) is 0.722. The van der Waals surface area contributed by atoms with Crippen molar-refractivity contribution in [2.45, 2.75) is 25.9 Å². The molecule has 0 saturated heterocycles. The summed E-state index contributed by atoms with van der Waals surface area (Å²) in [6, 6.07) is 0. The molecule has 0 amide bonds. The van der Waals surface area contributed by atoms with Crippen molar-refractivity contribution in [1.82, 2.24) is 0 Å². The fourth-order valence-electron chi connectivity index (χ4n) is 0. The van der Waals surface area contributed by atoms with Gasteiger partial charge in [0.15, 0.2) is 0 Å². The van der Waals surface area contributed by atoms with Crippen LogP contribution in [0.25, 0.3) is 0 Å². The van der Waals surface area contributed by atoms with Gasteiger partial charge in [0.05, 0.1) is 0 Å². The van der Waals surface area contributed by atoms with Gasteiger partial charge in [-0.25, -0.2) is 0 Å². The zero-order valence-corrected chi connectivity index (χ0v) is 4.84. The lowest BCUT2D eigenvalue weighted by atomic mass is 10.3. The molecular formula is C4H9P. The predicted molar refractivity (Wildman–Crippen MR) is 26.7 cm³/mol. The summed E-state index contributed by atoms with van der Waals surface area (Å²) in [5.74, 6) is 0. The Bertz CT molecular complexity index is 19.1. The van der Waals surface area contributed by atoms with Crippen LogP contribution >= 0.6 is 9.24 Å². The van der Waals surface area contributed by atoms with Gasteiger partial charge in [0, 0.05) is 0 Å². The lowest BCUT2D eigenvalue weighted by Crippen LogP contribution is -1.97. The van der Waals surface area contributed by atoms with E-state index in [0.717, 1.165) is 0 Å². The van der Waals surface area contributed by atoms with Crippen molar-refractivity contribution in [3.05, 3.63) is 0 Å². The van der Waals surface area contributed by atoms with Gasteiger partial charge in [-0.2, -0.15) is 0 Å². The van der Waals surface area contributed by atoms with Crippen molar-refractivity contribution in [2.75, 3.05) is 0 Å². The third kappa shape index (κ3) is 141. The van der Waals surface area contributed by atoms with Crippen molar-refractivity contribution in [3.63, 3.8) is 0 Å². The molecule has 0 atom stereocenters. The molecule has 0 aromatic carbocycles. The van der Waals surface area contributed by atoms with Crippen LogP contribution in [0.15, 0.2) is 0 Å². The van der Waals surface area contributed by atoms with Crippen LogP contribution < -0.4 is 0 Å². The number of rotatable bonds is 0. The van der Waals surface area contributed by atoms with Gasteiger partial charge < -0.3 is 0 Å². The number of hydrogen-bond acceptors (Lipinski definition) is 0. The molecule has 5 heavy (non-hydrogen) atoms. The fourth-order valence-corrected chi connectivity index (χ4v) is 0. The molecule has 30 valence electrons. The second kappa shape index (κ2) is 1.26. The summed E-state index contributed by atoms with van der Waals surface area (Å²) in [5, 5.41) is 0.194. The van der Waals surface area contributed by atoms with Crippen LogP contribution in [0.2, 0.25) is 0 Å². The summed E-state index contributed by atoms with van der Waals surface area (Å²) < 4.78 is 0. The molecule has 0 aromatic rings. The van der Waals surface area contributed by atoms with Gasteiger partial charge >= 0.3 is 0 Å². The summed E-state index contributed by atoms with van der Waals surface area (Å²) in [7, 11) is 4.12. The van der Waals surface area contributed by atoms with Crippen LogP contribution in [0.4, 0.5) is 0 Å². The van der Waals surface area contributed by atoms with Gasteiger partial charge in [0.25, 0.3) is 0 Å². The summed E-state index contributed by atoms with van der Waals surface area (Å²) >= 11 is 0. The highest BCUT2D eigenvalue weighted by Gasteiger charge is 1.97. The maximum Gasteiger partial charge on any atom is -0.00955 e. The van der Waals surface area contributed by atoms with E-state index in [1.54, 1.807) is 0 Å². The van der Waals surface area contributed by atoms with Gasteiger partial charge in [-0.05, 0) is 14.4 Å². The second-order valence-electron chi connectivity index (χ2n) is 2.17. The molecule has 0 aliphatic heterocycles. The Morgan fingerprint density at radius 2 is 1.20 bits per heavy atom. The zero-order chi connectivity index (χ0) is 4.50. The molecule has 0 aliphatic rings. The smallest absolute Gasteiger partial charge is 0.00955 e. The Morgan fingerprint density at radius 3 is 1.20 bits per heavy atom. The van der Waals surface area contributed by atoms with E-state index < -0.39 is 0 Å². The average molecular weight is 88.1 g/mol. The molecule has 0 rings (SSSR count). The third-order valence-electron chi connectivity index (χ3n) is 0. The van der Waals surface area contributed by atoms with Crippen LogP contribution in [0, 0.1) is 0 Å². The Hall–Kier alpha value is 0.430. The minimum absolute atomic E-state index is 0.194. The van der Waals surface area contributed by atoms with E-state index in [2.05, 4.69) is 30.0 Å². The molecule has 0 N–H and O–H groups in total. The minimum atomic E-state index is 0.194. The second-order valence-corrected chi connectivity index (χ2v) is 3.51. The van der Waals surface area contributed by atoms with E-state index in [-0.39, 0.29) is 5.16 Å². The van der Waals surface area contributed by atoms with Crippen molar-refractivity contribution < 1.29 is 0 Å². The lowest BCUT2D eigenvalue weighted by Gasteiger charge is -2.03. The van der Waals surface area contributed by atoms with Crippen LogP contribution in [0.5, 0.6) is 0 Å². The summed E-state index contributed by atoms with van der Waals surface area (Å²) in [6.07, 6.45) is 0. The fraction of sp³-hybridized carbons (Fsp3) is 1.00. The summed E-state index contributed by atoms with van der Waals surface area (Å²) in [6.45, 7) is 6.16. The molecule has 0 bridgehead atoms. The Balaban J connectivity index is 3.02. The Labute approximate surface area is 36.2 Å². The molecule has 0 aromatic heterocycles. The molecule has 0 unspecified atom stereocenters. The van der Waals surface area contributed by atoms with Crippen LogP contribution in [0.1, 0.15) is 20.8 Å². The highest BCUT2D eigenvalue weighted by atomic mass is 31.0. The van der Waals surface area contributed by atoms with E-state index in [0.29, 0.717) is 0 Å². The van der Waals surface area contributed by atoms with Gasteiger partial charge in [0.1, 0.15) is 0 Å². The summed E-state index contributed by atoms with van der Waals surface area (Å²) in [5.41, 5.74) is 0. The largest absolute Gasteiger partial charge is 0.0555 e.